The van der Waals surface area contributed by atoms with Gasteiger partial charge in [-0.3, -0.25) is 0 Å². The third kappa shape index (κ3) is 3.40. The van der Waals surface area contributed by atoms with Crippen LogP contribution in [-0.2, 0) is 10.0 Å². The van der Waals surface area contributed by atoms with E-state index in [-0.39, 0.29) is 17.4 Å². The molecule has 3 atom stereocenters. The molecule has 0 amide bonds. The van der Waals surface area contributed by atoms with Crippen LogP contribution in [0.4, 0.5) is 0 Å². The number of aliphatic hydroxyl groups excluding tert-OH is 1. The highest BCUT2D eigenvalue weighted by atomic mass is 32.2. The van der Waals surface area contributed by atoms with Crippen LogP contribution in [-0.4, -0.2) is 36.5 Å². The summed E-state index contributed by atoms with van der Waals surface area (Å²) in [5.74, 6) is -0.359. The highest BCUT2D eigenvalue weighted by Crippen LogP contribution is 2.46. The monoisotopic (exact) mass is 408 g/mol. The number of rotatable bonds is 5. The van der Waals surface area contributed by atoms with Crippen LogP contribution in [0.1, 0.15) is 42.7 Å². The Hall–Kier alpha value is -2.46. The Kier molecular flexibility index (Phi) is 5.55. The van der Waals surface area contributed by atoms with Crippen LogP contribution in [0.15, 0.2) is 65.6 Å². The molecule has 29 heavy (non-hydrogen) atoms. The van der Waals surface area contributed by atoms with Gasteiger partial charge in [-0.2, -0.15) is 9.57 Å². The number of benzene rings is 2. The van der Waals surface area contributed by atoms with Gasteiger partial charge in [0.05, 0.1) is 23.6 Å². The second kappa shape index (κ2) is 8.11. The van der Waals surface area contributed by atoms with Crippen molar-refractivity contribution in [2.75, 3.05) is 6.61 Å². The maximum absolute atomic E-state index is 13.2. The molecule has 0 bridgehead atoms. The Morgan fingerprint density at radius 2 is 1.79 bits per heavy atom. The van der Waals surface area contributed by atoms with Gasteiger partial charge < -0.3 is 5.11 Å². The molecule has 2 aromatic carbocycles. The van der Waals surface area contributed by atoms with Crippen molar-refractivity contribution in [3.05, 3.63) is 71.8 Å². The number of nitrogens with zero attached hydrogens (tertiary/aromatic N) is 2. The van der Waals surface area contributed by atoms with E-state index in [4.69, 9.17) is 0 Å². The Bertz CT molecular complexity index is 1060. The van der Waals surface area contributed by atoms with E-state index in [1.54, 1.807) is 18.2 Å². The molecule has 1 saturated heterocycles. The van der Waals surface area contributed by atoms with Crippen molar-refractivity contribution in [2.45, 2.75) is 48.6 Å². The van der Waals surface area contributed by atoms with Gasteiger partial charge in [-0.05, 0) is 54.5 Å². The van der Waals surface area contributed by atoms with Gasteiger partial charge in [0.1, 0.15) is 6.04 Å². The van der Waals surface area contributed by atoms with Gasteiger partial charge in [-0.25, -0.2) is 8.42 Å². The molecule has 2 aromatic rings. The summed E-state index contributed by atoms with van der Waals surface area (Å²) in [5, 5.41) is 19.9. The summed E-state index contributed by atoms with van der Waals surface area (Å²) in [5.41, 5.74) is 3.28. The molecule has 1 aliphatic heterocycles. The summed E-state index contributed by atoms with van der Waals surface area (Å²) < 4.78 is 27.5. The van der Waals surface area contributed by atoms with E-state index in [0.717, 1.165) is 30.4 Å². The van der Waals surface area contributed by atoms with Gasteiger partial charge in [-0.1, -0.05) is 48.5 Å². The van der Waals surface area contributed by atoms with E-state index in [9.17, 15) is 18.8 Å². The largest absolute Gasteiger partial charge is 0.395 e. The summed E-state index contributed by atoms with van der Waals surface area (Å²) >= 11 is 0. The van der Waals surface area contributed by atoms with Crippen molar-refractivity contribution in [2.24, 2.45) is 0 Å². The smallest absolute Gasteiger partial charge is 0.244 e. The van der Waals surface area contributed by atoms with E-state index < -0.39 is 22.1 Å². The summed E-state index contributed by atoms with van der Waals surface area (Å²) in [6, 6.07) is 16.7. The topological polar surface area (TPSA) is 81.4 Å². The third-order valence-electron chi connectivity index (χ3n) is 5.95. The van der Waals surface area contributed by atoms with E-state index in [1.165, 1.54) is 28.4 Å². The molecule has 1 fully saturated rings. The molecule has 5 nitrogen and oxygen atoms in total. The average Bonchev–Trinajstić information content (AvgIpc) is 2.75. The fourth-order valence-corrected chi connectivity index (χ4v) is 6.32. The number of sulfonamides is 1. The van der Waals surface area contributed by atoms with Crippen molar-refractivity contribution in [3.8, 4) is 6.07 Å². The standard InChI is InChI=1S/C23H24N2O3S/c24-15-21-23(20-14-8-7-13-19(20)17-9-3-1-4-10-17)22(16-26)25(21)29(27,28)18-11-5-2-6-12-18/h2,5-9,11-14,21-23,26H,1,3-4,10,16H2/t21-,22-,23-/m1/s1. The minimum Gasteiger partial charge on any atom is -0.395 e. The van der Waals surface area contributed by atoms with Crippen LogP contribution in [0.5, 0.6) is 0 Å². The third-order valence-corrected chi connectivity index (χ3v) is 7.87. The highest BCUT2D eigenvalue weighted by molar-refractivity contribution is 7.89. The molecule has 2 aliphatic rings. The normalized spacial score (nSPS) is 25.0. The van der Waals surface area contributed by atoms with Gasteiger partial charge in [0.2, 0.25) is 10.0 Å². The lowest BCUT2D eigenvalue weighted by molar-refractivity contribution is 0.0555. The minimum absolute atomic E-state index is 0.139. The lowest BCUT2D eigenvalue weighted by Gasteiger charge is -2.50. The number of nitriles is 1. The SMILES string of the molecule is N#C[C@@H]1[C@@H](c2ccccc2C2=CCCCC2)[C@@H](CO)N1S(=O)(=O)c1ccccc1. The maximum Gasteiger partial charge on any atom is 0.244 e. The first kappa shape index (κ1) is 19.8. The molecular formula is C23H24N2O3S. The molecule has 6 heteroatoms. The Balaban J connectivity index is 1.74. The first-order valence-electron chi connectivity index (χ1n) is 9.97. The first-order valence-corrected chi connectivity index (χ1v) is 11.4. The van der Waals surface area contributed by atoms with Crippen LogP contribution in [0.3, 0.4) is 0 Å². The zero-order valence-corrected chi connectivity index (χ0v) is 16.9. The Labute approximate surface area is 172 Å². The quantitative estimate of drug-likeness (QED) is 0.818. The molecule has 0 aromatic heterocycles. The number of hydrogen-bond donors (Lipinski definition) is 1. The van der Waals surface area contributed by atoms with E-state index in [1.807, 2.05) is 24.3 Å². The summed E-state index contributed by atoms with van der Waals surface area (Å²) in [6.45, 7) is -0.331. The Morgan fingerprint density at radius 1 is 1.07 bits per heavy atom. The number of aliphatic hydroxyl groups is 1. The second-order valence-corrected chi connectivity index (χ2v) is 9.40. The predicted molar refractivity (Wildman–Crippen MR) is 111 cm³/mol. The average molecular weight is 409 g/mol. The molecule has 4 rings (SSSR count). The van der Waals surface area contributed by atoms with Gasteiger partial charge >= 0.3 is 0 Å². The van der Waals surface area contributed by atoms with Crippen molar-refractivity contribution in [1.29, 1.82) is 5.26 Å². The molecule has 0 saturated carbocycles. The van der Waals surface area contributed by atoms with Gasteiger partial charge in [0, 0.05) is 5.92 Å². The lowest BCUT2D eigenvalue weighted by atomic mass is 9.74. The molecule has 1 heterocycles. The fraction of sp³-hybridized carbons (Fsp3) is 0.348. The molecule has 0 spiro atoms. The molecular weight excluding hydrogens is 384 g/mol. The second-order valence-electron chi connectivity index (χ2n) is 7.56. The minimum atomic E-state index is -3.87. The van der Waals surface area contributed by atoms with Crippen molar-refractivity contribution in [3.63, 3.8) is 0 Å². The van der Waals surface area contributed by atoms with Crippen LogP contribution in [0.2, 0.25) is 0 Å². The van der Waals surface area contributed by atoms with Crippen molar-refractivity contribution >= 4 is 15.6 Å². The maximum atomic E-state index is 13.2. The van der Waals surface area contributed by atoms with Crippen molar-refractivity contribution in [1.82, 2.24) is 4.31 Å². The van der Waals surface area contributed by atoms with Crippen molar-refractivity contribution < 1.29 is 13.5 Å². The molecule has 0 radical (unpaired) electrons. The van der Waals surface area contributed by atoms with Crippen LogP contribution >= 0.6 is 0 Å². The van der Waals surface area contributed by atoms with E-state index in [0.29, 0.717) is 0 Å². The molecule has 0 unspecified atom stereocenters. The fourth-order valence-electron chi connectivity index (χ4n) is 4.55. The van der Waals surface area contributed by atoms with Gasteiger partial charge in [-0.15, -0.1) is 0 Å². The van der Waals surface area contributed by atoms with Crippen LogP contribution in [0.25, 0.3) is 5.57 Å². The number of allylic oxidation sites excluding steroid dienone is 2. The highest BCUT2D eigenvalue weighted by Gasteiger charge is 2.55. The number of hydrogen-bond acceptors (Lipinski definition) is 4. The molecule has 1 aliphatic carbocycles. The zero-order valence-electron chi connectivity index (χ0n) is 16.1. The summed E-state index contributed by atoms with van der Waals surface area (Å²) in [7, 11) is -3.87. The van der Waals surface area contributed by atoms with E-state index >= 15 is 0 Å². The zero-order chi connectivity index (χ0) is 20.4. The first-order chi connectivity index (χ1) is 14.1. The van der Waals surface area contributed by atoms with Crippen LogP contribution < -0.4 is 0 Å². The predicted octanol–water partition coefficient (Wildman–Crippen LogP) is 3.69. The molecule has 150 valence electrons. The summed E-state index contributed by atoms with van der Waals surface area (Å²) in [6.07, 6.45) is 6.57. The van der Waals surface area contributed by atoms with E-state index in [2.05, 4.69) is 12.1 Å². The summed E-state index contributed by atoms with van der Waals surface area (Å²) in [4.78, 5) is 0.139. The van der Waals surface area contributed by atoms with Gasteiger partial charge in [0.25, 0.3) is 0 Å². The van der Waals surface area contributed by atoms with Crippen LogP contribution in [0, 0.1) is 11.3 Å². The lowest BCUT2D eigenvalue weighted by Crippen LogP contribution is -2.65. The van der Waals surface area contributed by atoms with Gasteiger partial charge in [0.15, 0.2) is 0 Å². The Morgan fingerprint density at radius 3 is 2.45 bits per heavy atom. The molecule has 1 N–H and O–H groups in total.